The molecule has 0 spiro atoms. The summed E-state index contributed by atoms with van der Waals surface area (Å²) in [6, 6.07) is 6.73. The van der Waals surface area contributed by atoms with Crippen molar-refractivity contribution in [3.63, 3.8) is 0 Å². The van der Waals surface area contributed by atoms with Gasteiger partial charge in [0.15, 0.2) is 11.6 Å². The van der Waals surface area contributed by atoms with Crippen LogP contribution in [0.3, 0.4) is 0 Å². The van der Waals surface area contributed by atoms with Crippen molar-refractivity contribution in [1.82, 2.24) is 10.2 Å². The van der Waals surface area contributed by atoms with Crippen molar-refractivity contribution in [2.24, 2.45) is 0 Å². The Kier molecular flexibility index (Phi) is 6.08. The van der Waals surface area contributed by atoms with Crippen LogP contribution in [0.1, 0.15) is 53.2 Å². The Morgan fingerprint density at radius 2 is 1.94 bits per heavy atom. The van der Waals surface area contributed by atoms with E-state index in [2.05, 4.69) is 5.32 Å². The number of β-amino-alcohol motifs (C(OH)–C–C–N with tert-alkyl or cyclic N) is 1. The average Bonchev–Trinajstić information content (AvgIpc) is 2.76. The molecule has 0 radical (unpaired) electrons. The smallest absolute Gasteiger partial charge is 0.254 e. The third kappa shape index (κ3) is 4.21. The van der Waals surface area contributed by atoms with E-state index in [0.717, 1.165) is 37.4 Å². The van der Waals surface area contributed by atoms with E-state index >= 15 is 0 Å². The van der Waals surface area contributed by atoms with E-state index in [1.165, 1.54) is 17.0 Å². The van der Waals surface area contributed by atoms with Gasteiger partial charge in [-0.1, -0.05) is 25.5 Å². The van der Waals surface area contributed by atoms with Gasteiger partial charge in [-0.2, -0.15) is 0 Å². The van der Waals surface area contributed by atoms with Crippen LogP contribution in [-0.4, -0.2) is 47.2 Å². The largest absolute Gasteiger partial charge is 0.385 e. The van der Waals surface area contributed by atoms with Crippen LogP contribution in [0.2, 0.25) is 0 Å². The maximum absolute atomic E-state index is 14.7. The van der Waals surface area contributed by atoms with Crippen LogP contribution in [0, 0.1) is 17.5 Å². The fraction of sp³-hybridized carbons (Fsp3) is 0.458. The monoisotopic (exact) mass is 432 g/mol. The number of carbonyl (C=O) groups is 1. The highest BCUT2D eigenvalue weighted by Crippen LogP contribution is 2.32. The summed E-state index contributed by atoms with van der Waals surface area (Å²) < 4.78 is 43.1. The first kappa shape index (κ1) is 21.8. The lowest BCUT2D eigenvalue weighted by Crippen LogP contribution is -2.72. The lowest BCUT2D eigenvalue weighted by Gasteiger charge is -2.51. The van der Waals surface area contributed by atoms with E-state index in [4.69, 9.17) is 0 Å². The van der Waals surface area contributed by atoms with Crippen LogP contribution >= 0.6 is 0 Å². The van der Waals surface area contributed by atoms with Crippen molar-refractivity contribution >= 4 is 5.91 Å². The number of nitrogens with zero attached hydrogens (tertiary/aromatic N) is 1. The highest BCUT2D eigenvalue weighted by Gasteiger charge is 2.49. The van der Waals surface area contributed by atoms with Crippen molar-refractivity contribution in [2.75, 3.05) is 19.6 Å². The zero-order valence-corrected chi connectivity index (χ0v) is 17.6. The number of halogens is 3. The van der Waals surface area contributed by atoms with Gasteiger partial charge >= 0.3 is 0 Å². The lowest BCUT2D eigenvalue weighted by atomic mass is 9.81. The Bertz CT molecular complexity index is 983. The zero-order chi connectivity index (χ0) is 22.2. The van der Waals surface area contributed by atoms with Crippen molar-refractivity contribution in [3.05, 3.63) is 70.0 Å². The van der Waals surface area contributed by atoms with Gasteiger partial charge in [-0.05, 0) is 55.1 Å². The number of piperidine rings is 1. The number of amides is 1. The maximum atomic E-state index is 14.7. The molecule has 4 rings (SSSR count). The van der Waals surface area contributed by atoms with Gasteiger partial charge in [-0.15, -0.1) is 0 Å². The van der Waals surface area contributed by atoms with E-state index in [0.29, 0.717) is 6.42 Å². The predicted molar refractivity (Wildman–Crippen MR) is 111 cm³/mol. The molecule has 0 aliphatic carbocycles. The van der Waals surface area contributed by atoms with Crippen molar-refractivity contribution < 1.29 is 23.1 Å². The van der Waals surface area contributed by atoms with Gasteiger partial charge in [0, 0.05) is 23.6 Å². The van der Waals surface area contributed by atoms with Gasteiger partial charge in [0.2, 0.25) is 0 Å². The number of benzene rings is 2. The standard InChI is InChI=1S/C24H27F3N2O2/c1-2-15-6-7-16(20(26)11-15)12-18-17(8-9-19(25)22(18)27)23(30)29-13-24(31,14-29)21-5-3-4-10-28-21/h6-9,11,21,28,31H,2-5,10,12-14H2,1H3. The SMILES string of the molecule is CCc1ccc(Cc2c(C(=O)N3CC(O)(C4CCCCN4)C3)ccc(F)c2F)c(F)c1. The molecule has 2 fully saturated rings. The third-order valence-corrected chi connectivity index (χ3v) is 6.49. The third-order valence-electron chi connectivity index (χ3n) is 6.49. The molecule has 1 amide bonds. The minimum absolute atomic E-state index is 0.00322. The molecule has 0 saturated carbocycles. The van der Waals surface area contributed by atoms with E-state index in [1.807, 2.05) is 6.92 Å². The molecule has 2 aromatic carbocycles. The van der Waals surface area contributed by atoms with Crippen LogP contribution in [0.25, 0.3) is 0 Å². The molecule has 4 nitrogen and oxygen atoms in total. The fourth-order valence-corrected chi connectivity index (χ4v) is 4.57. The van der Waals surface area contributed by atoms with Crippen molar-refractivity contribution in [1.29, 1.82) is 0 Å². The highest BCUT2D eigenvalue weighted by molar-refractivity contribution is 5.96. The van der Waals surface area contributed by atoms with E-state index < -0.39 is 29.0 Å². The van der Waals surface area contributed by atoms with E-state index in [9.17, 15) is 23.1 Å². The lowest BCUT2D eigenvalue weighted by molar-refractivity contribution is -0.108. The molecule has 2 saturated heterocycles. The molecule has 166 valence electrons. The molecular formula is C24H27F3N2O2. The van der Waals surface area contributed by atoms with Gasteiger partial charge in [0.05, 0.1) is 13.1 Å². The summed E-state index contributed by atoms with van der Waals surface area (Å²) >= 11 is 0. The van der Waals surface area contributed by atoms with Gasteiger partial charge in [0.1, 0.15) is 11.4 Å². The van der Waals surface area contributed by atoms with Crippen LogP contribution < -0.4 is 5.32 Å². The number of aliphatic hydroxyl groups is 1. The summed E-state index contributed by atoms with van der Waals surface area (Å²) in [4.78, 5) is 14.5. The Labute approximate surface area is 180 Å². The van der Waals surface area contributed by atoms with Gasteiger partial charge < -0.3 is 15.3 Å². The number of nitrogens with one attached hydrogen (secondary N) is 1. The number of likely N-dealkylation sites (tertiary alicyclic amines) is 1. The van der Waals surface area contributed by atoms with Crippen molar-refractivity contribution in [3.8, 4) is 0 Å². The van der Waals surface area contributed by atoms with Gasteiger partial charge in [-0.25, -0.2) is 13.2 Å². The Morgan fingerprint density at radius 3 is 2.58 bits per heavy atom. The molecule has 31 heavy (non-hydrogen) atoms. The number of hydrogen-bond donors (Lipinski definition) is 2. The molecule has 1 unspecified atom stereocenters. The van der Waals surface area contributed by atoms with E-state index in [-0.39, 0.29) is 42.2 Å². The minimum atomic E-state index is -1.14. The molecular weight excluding hydrogens is 405 g/mol. The fourth-order valence-electron chi connectivity index (χ4n) is 4.57. The molecule has 2 aliphatic heterocycles. The summed E-state index contributed by atoms with van der Waals surface area (Å²) in [7, 11) is 0. The molecule has 2 aliphatic rings. The van der Waals surface area contributed by atoms with E-state index in [1.54, 1.807) is 12.1 Å². The van der Waals surface area contributed by atoms with Crippen molar-refractivity contribution in [2.45, 2.75) is 50.7 Å². The topological polar surface area (TPSA) is 52.6 Å². The first-order valence-electron chi connectivity index (χ1n) is 10.8. The van der Waals surface area contributed by atoms with Gasteiger partial charge in [-0.3, -0.25) is 4.79 Å². The second kappa shape index (κ2) is 8.63. The summed E-state index contributed by atoms with van der Waals surface area (Å²) in [5.41, 5.74) is -0.191. The molecule has 2 aromatic rings. The molecule has 0 bridgehead atoms. The molecule has 1 atom stereocenters. The average molecular weight is 432 g/mol. The van der Waals surface area contributed by atoms with Crippen LogP contribution in [-0.2, 0) is 12.8 Å². The minimum Gasteiger partial charge on any atom is -0.385 e. The second-order valence-electron chi connectivity index (χ2n) is 8.61. The summed E-state index contributed by atoms with van der Waals surface area (Å²) in [5.74, 6) is -3.22. The predicted octanol–water partition coefficient (Wildman–Crippen LogP) is 3.59. The zero-order valence-electron chi connectivity index (χ0n) is 17.6. The Morgan fingerprint density at radius 1 is 1.16 bits per heavy atom. The molecule has 2 N–H and O–H groups in total. The quantitative estimate of drug-likeness (QED) is 0.760. The summed E-state index contributed by atoms with van der Waals surface area (Å²) in [5, 5.41) is 14.1. The number of aryl methyl sites for hydroxylation is 1. The Balaban J connectivity index is 1.56. The molecule has 0 aromatic heterocycles. The molecule has 7 heteroatoms. The Hall–Kier alpha value is -2.38. The van der Waals surface area contributed by atoms with Crippen LogP contribution in [0.4, 0.5) is 13.2 Å². The summed E-state index contributed by atoms with van der Waals surface area (Å²) in [6.07, 6.45) is 3.33. The van der Waals surface area contributed by atoms with Crippen LogP contribution in [0.15, 0.2) is 30.3 Å². The second-order valence-corrected chi connectivity index (χ2v) is 8.61. The van der Waals surface area contributed by atoms with Gasteiger partial charge in [0.25, 0.3) is 5.91 Å². The molecule has 2 heterocycles. The van der Waals surface area contributed by atoms with Crippen LogP contribution in [0.5, 0.6) is 0 Å². The first-order chi connectivity index (χ1) is 14.8. The maximum Gasteiger partial charge on any atom is 0.254 e. The number of rotatable bonds is 5. The summed E-state index contributed by atoms with van der Waals surface area (Å²) in [6.45, 7) is 2.98. The first-order valence-corrected chi connectivity index (χ1v) is 10.8. The number of hydrogen-bond acceptors (Lipinski definition) is 3. The highest BCUT2D eigenvalue weighted by atomic mass is 19.2. The normalized spacial score (nSPS) is 20.4. The number of carbonyl (C=O) groups excluding carboxylic acids is 1.